The van der Waals surface area contributed by atoms with E-state index in [1.807, 2.05) is 43.3 Å². The molecular weight excluding hydrogens is 334 g/mol. The number of carbonyl (C=O) groups is 2. The summed E-state index contributed by atoms with van der Waals surface area (Å²) in [5.41, 5.74) is 1.87. The standard InChI is InChI=1S/C19H21N3O2S/c1-3-17(23)21-19(25)20-16-13-9-8-12-15(16)18(24)22(4-2)14-10-6-5-7-11-14/h5-13H,3-4H2,1-2H3,(H2,20,21,23,25). The number of benzene rings is 2. The van der Waals surface area contributed by atoms with Gasteiger partial charge >= 0.3 is 0 Å². The lowest BCUT2D eigenvalue weighted by Gasteiger charge is -2.22. The third-order valence-electron chi connectivity index (χ3n) is 3.61. The van der Waals surface area contributed by atoms with Crippen LogP contribution in [0.25, 0.3) is 0 Å². The fourth-order valence-corrected chi connectivity index (χ4v) is 2.57. The zero-order valence-corrected chi connectivity index (χ0v) is 15.1. The number of thiocarbonyl (C=S) groups is 1. The van der Waals surface area contributed by atoms with Crippen molar-refractivity contribution in [3.8, 4) is 0 Å². The summed E-state index contributed by atoms with van der Waals surface area (Å²) in [5.74, 6) is -0.317. The van der Waals surface area contributed by atoms with Crippen LogP contribution in [0.5, 0.6) is 0 Å². The molecule has 0 aliphatic rings. The molecule has 2 amide bonds. The van der Waals surface area contributed by atoms with Gasteiger partial charge in [-0.25, -0.2) is 0 Å². The van der Waals surface area contributed by atoms with Crippen LogP contribution in [0.1, 0.15) is 30.6 Å². The number of carbonyl (C=O) groups excluding carboxylic acids is 2. The number of hydrogen-bond acceptors (Lipinski definition) is 3. The van der Waals surface area contributed by atoms with Gasteiger partial charge in [0.05, 0.1) is 11.3 Å². The highest BCUT2D eigenvalue weighted by Crippen LogP contribution is 2.21. The topological polar surface area (TPSA) is 61.4 Å². The van der Waals surface area contributed by atoms with E-state index in [1.165, 1.54) is 0 Å². The largest absolute Gasteiger partial charge is 0.332 e. The van der Waals surface area contributed by atoms with E-state index >= 15 is 0 Å². The van der Waals surface area contributed by atoms with Crippen molar-refractivity contribution in [2.24, 2.45) is 0 Å². The van der Waals surface area contributed by atoms with Crippen molar-refractivity contribution in [2.45, 2.75) is 20.3 Å². The maximum atomic E-state index is 13.0. The summed E-state index contributed by atoms with van der Waals surface area (Å²) in [6.07, 6.45) is 0.333. The van der Waals surface area contributed by atoms with Gasteiger partial charge in [0.25, 0.3) is 5.91 Å². The zero-order chi connectivity index (χ0) is 18.2. The van der Waals surface area contributed by atoms with Gasteiger partial charge in [0.1, 0.15) is 0 Å². The summed E-state index contributed by atoms with van der Waals surface area (Å²) in [6.45, 7) is 4.20. The molecule has 0 radical (unpaired) electrons. The first kappa shape index (κ1) is 18.6. The molecule has 5 nitrogen and oxygen atoms in total. The maximum Gasteiger partial charge on any atom is 0.260 e. The van der Waals surface area contributed by atoms with Gasteiger partial charge in [-0.2, -0.15) is 0 Å². The first-order chi connectivity index (χ1) is 12.1. The summed E-state index contributed by atoms with van der Waals surface area (Å²) in [7, 11) is 0. The summed E-state index contributed by atoms with van der Waals surface area (Å²) in [4.78, 5) is 26.2. The minimum absolute atomic E-state index is 0.138. The molecule has 0 saturated heterocycles. The van der Waals surface area contributed by atoms with Crippen molar-refractivity contribution in [1.82, 2.24) is 5.32 Å². The van der Waals surface area contributed by atoms with Crippen molar-refractivity contribution in [1.29, 1.82) is 0 Å². The molecule has 25 heavy (non-hydrogen) atoms. The van der Waals surface area contributed by atoms with Gasteiger partial charge in [0, 0.05) is 18.7 Å². The molecule has 2 aromatic rings. The molecule has 0 saturated carbocycles. The molecule has 2 rings (SSSR count). The Balaban J connectivity index is 2.25. The second-order valence-electron chi connectivity index (χ2n) is 5.29. The summed E-state index contributed by atoms with van der Waals surface area (Å²) < 4.78 is 0. The Kier molecular flexibility index (Phi) is 6.65. The Hall–Kier alpha value is -2.73. The third-order valence-corrected chi connectivity index (χ3v) is 3.81. The van der Waals surface area contributed by atoms with Crippen molar-refractivity contribution < 1.29 is 9.59 Å². The van der Waals surface area contributed by atoms with Gasteiger partial charge in [0.2, 0.25) is 5.91 Å². The molecule has 0 aliphatic heterocycles. The van der Waals surface area contributed by atoms with Crippen LogP contribution in [0.15, 0.2) is 54.6 Å². The Morgan fingerprint density at radius 2 is 1.64 bits per heavy atom. The molecule has 0 unspecified atom stereocenters. The molecule has 0 fully saturated rings. The van der Waals surface area contributed by atoms with Gasteiger partial charge in [0.15, 0.2) is 5.11 Å². The van der Waals surface area contributed by atoms with Crippen molar-refractivity contribution in [3.05, 3.63) is 60.2 Å². The second-order valence-corrected chi connectivity index (χ2v) is 5.69. The van der Waals surface area contributed by atoms with E-state index in [1.54, 1.807) is 30.0 Å². The zero-order valence-electron chi connectivity index (χ0n) is 14.3. The number of nitrogens with one attached hydrogen (secondary N) is 2. The molecule has 0 atom stereocenters. The lowest BCUT2D eigenvalue weighted by molar-refractivity contribution is -0.119. The van der Waals surface area contributed by atoms with Crippen molar-refractivity contribution in [3.63, 3.8) is 0 Å². The number of rotatable bonds is 5. The fraction of sp³-hybridized carbons (Fsp3) is 0.211. The average molecular weight is 355 g/mol. The van der Waals surface area contributed by atoms with Gasteiger partial charge in [-0.05, 0) is 43.4 Å². The highest BCUT2D eigenvalue weighted by molar-refractivity contribution is 7.80. The third kappa shape index (κ3) is 4.87. The second kappa shape index (κ2) is 8.94. The minimum Gasteiger partial charge on any atom is -0.332 e. The first-order valence-corrected chi connectivity index (χ1v) is 8.54. The Morgan fingerprint density at radius 3 is 2.28 bits per heavy atom. The summed E-state index contributed by atoms with van der Waals surface area (Å²) in [6, 6.07) is 16.6. The van der Waals surface area contributed by atoms with Gasteiger partial charge in [-0.15, -0.1) is 0 Å². The monoisotopic (exact) mass is 355 g/mol. The van der Waals surface area contributed by atoms with E-state index in [9.17, 15) is 9.59 Å². The SMILES string of the molecule is CCC(=O)NC(=S)Nc1ccccc1C(=O)N(CC)c1ccccc1. The van der Waals surface area contributed by atoms with E-state index in [0.29, 0.717) is 24.2 Å². The van der Waals surface area contributed by atoms with E-state index in [0.717, 1.165) is 5.69 Å². The van der Waals surface area contributed by atoms with E-state index < -0.39 is 0 Å². The Bertz CT molecular complexity index is 762. The quantitative estimate of drug-likeness (QED) is 0.805. The highest BCUT2D eigenvalue weighted by atomic mass is 32.1. The number of hydrogen-bond donors (Lipinski definition) is 2. The number of para-hydroxylation sites is 2. The van der Waals surface area contributed by atoms with Gasteiger partial charge < -0.3 is 15.5 Å². The minimum atomic E-state index is -0.180. The Labute approximate surface area is 153 Å². The van der Waals surface area contributed by atoms with Crippen molar-refractivity contribution >= 4 is 40.5 Å². The summed E-state index contributed by atoms with van der Waals surface area (Å²) >= 11 is 5.14. The fourth-order valence-electron chi connectivity index (χ4n) is 2.34. The molecular formula is C19H21N3O2S. The van der Waals surface area contributed by atoms with Crippen molar-refractivity contribution in [2.75, 3.05) is 16.8 Å². The van der Waals surface area contributed by atoms with Crippen LogP contribution < -0.4 is 15.5 Å². The van der Waals surface area contributed by atoms with Gasteiger partial charge in [-0.3, -0.25) is 9.59 Å². The number of nitrogens with zero attached hydrogens (tertiary/aromatic N) is 1. The average Bonchev–Trinajstić information content (AvgIpc) is 2.63. The molecule has 0 aliphatic carbocycles. The molecule has 0 spiro atoms. The molecule has 2 aromatic carbocycles. The number of anilines is 2. The van der Waals surface area contributed by atoms with E-state index in [4.69, 9.17) is 12.2 Å². The molecule has 6 heteroatoms. The molecule has 0 bridgehead atoms. The van der Waals surface area contributed by atoms with Crippen LogP contribution >= 0.6 is 12.2 Å². The van der Waals surface area contributed by atoms with E-state index in [-0.39, 0.29) is 16.9 Å². The van der Waals surface area contributed by atoms with E-state index in [2.05, 4.69) is 10.6 Å². The lowest BCUT2D eigenvalue weighted by Crippen LogP contribution is -2.35. The van der Waals surface area contributed by atoms with Crippen LogP contribution in [0.3, 0.4) is 0 Å². The predicted octanol–water partition coefficient (Wildman–Crippen LogP) is 3.58. The van der Waals surface area contributed by atoms with Crippen LogP contribution in [0.4, 0.5) is 11.4 Å². The smallest absolute Gasteiger partial charge is 0.260 e. The lowest BCUT2D eigenvalue weighted by atomic mass is 10.1. The predicted molar refractivity (Wildman–Crippen MR) is 105 cm³/mol. The van der Waals surface area contributed by atoms with Crippen LogP contribution in [-0.2, 0) is 4.79 Å². The first-order valence-electron chi connectivity index (χ1n) is 8.13. The highest BCUT2D eigenvalue weighted by Gasteiger charge is 2.19. The van der Waals surface area contributed by atoms with Crippen LogP contribution in [-0.4, -0.2) is 23.5 Å². The molecule has 0 aromatic heterocycles. The molecule has 0 heterocycles. The summed E-state index contributed by atoms with van der Waals surface area (Å²) in [5, 5.41) is 5.69. The number of amides is 2. The Morgan fingerprint density at radius 1 is 1.00 bits per heavy atom. The van der Waals surface area contributed by atoms with Gasteiger partial charge in [-0.1, -0.05) is 37.3 Å². The normalized spacial score (nSPS) is 10.0. The molecule has 2 N–H and O–H groups in total. The molecule has 130 valence electrons. The maximum absolute atomic E-state index is 13.0. The van der Waals surface area contributed by atoms with Crippen LogP contribution in [0, 0.1) is 0 Å². The van der Waals surface area contributed by atoms with Crippen LogP contribution in [0.2, 0.25) is 0 Å².